The maximum atomic E-state index is 11.4. The van der Waals surface area contributed by atoms with Crippen molar-refractivity contribution in [1.82, 2.24) is 4.98 Å². The number of hydrogen-bond donors (Lipinski definition) is 3. The maximum Gasteiger partial charge on any atom is 0.411 e. The predicted molar refractivity (Wildman–Crippen MR) is 87.8 cm³/mol. The second-order valence-electron chi connectivity index (χ2n) is 4.81. The van der Waals surface area contributed by atoms with Gasteiger partial charge in [-0.1, -0.05) is 29.8 Å². The Morgan fingerprint density at radius 3 is 2.59 bits per heavy atom. The topological polar surface area (TPSA) is 89.3 Å². The molecule has 2 aromatic rings. The van der Waals surface area contributed by atoms with Crippen molar-refractivity contribution in [3.63, 3.8) is 0 Å². The van der Waals surface area contributed by atoms with Gasteiger partial charge in [0.1, 0.15) is 11.6 Å². The third-order valence-electron chi connectivity index (χ3n) is 3.03. The molecule has 0 aliphatic rings. The lowest BCUT2D eigenvalue weighted by atomic mass is 10.1. The Bertz CT molecular complexity index is 641. The number of pyridine rings is 1. The van der Waals surface area contributed by atoms with Crippen LogP contribution >= 0.6 is 0 Å². The highest BCUT2D eigenvalue weighted by Crippen LogP contribution is 2.19. The highest BCUT2D eigenvalue weighted by Gasteiger charge is 2.07. The molecule has 22 heavy (non-hydrogen) atoms. The summed E-state index contributed by atoms with van der Waals surface area (Å²) in [5.74, 6) is 0.884. The van der Waals surface area contributed by atoms with Gasteiger partial charge < -0.3 is 15.8 Å². The number of ether oxygens (including phenoxy) is 1. The minimum atomic E-state index is -0.545. The molecule has 0 atom stereocenters. The summed E-state index contributed by atoms with van der Waals surface area (Å²) in [6, 6.07) is 11.7. The average molecular weight is 300 g/mol. The number of nitrogens with zero attached hydrogens (tertiary/aromatic N) is 1. The van der Waals surface area contributed by atoms with Crippen LogP contribution in [0.25, 0.3) is 0 Å². The van der Waals surface area contributed by atoms with Crippen LogP contribution in [0.1, 0.15) is 18.1 Å². The number of carbonyl (C=O) groups excluding carboxylic acids is 1. The minimum absolute atomic E-state index is 0.238. The Morgan fingerprint density at radius 1 is 1.23 bits per heavy atom. The highest BCUT2D eigenvalue weighted by molar-refractivity contribution is 5.88. The van der Waals surface area contributed by atoms with Crippen molar-refractivity contribution in [3.05, 3.63) is 47.5 Å². The zero-order valence-electron chi connectivity index (χ0n) is 12.7. The molecule has 0 aliphatic carbocycles. The van der Waals surface area contributed by atoms with Crippen LogP contribution in [0.2, 0.25) is 0 Å². The van der Waals surface area contributed by atoms with E-state index in [4.69, 9.17) is 10.5 Å². The van der Waals surface area contributed by atoms with E-state index in [2.05, 4.69) is 46.8 Å². The number of nitrogen functional groups attached to an aromatic ring is 1. The SMILES string of the molecule is CCOC(=O)Nc1ccc(NCc2ccc(C)cc2)nc1N. The van der Waals surface area contributed by atoms with Crippen LogP contribution in [0.15, 0.2) is 36.4 Å². The van der Waals surface area contributed by atoms with Crippen molar-refractivity contribution in [2.75, 3.05) is 23.0 Å². The summed E-state index contributed by atoms with van der Waals surface area (Å²) in [6.45, 7) is 4.74. The lowest BCUT2D eigenvalue weighted by Gasteiger charge is -2.10. The lowest BCUT2D eigenvalue weighted by molar-refractivity contribution is 0.168. The molecule has 6 heteroatoms. The van der Waals surface area contributed by atoms with Crippen molar-refractivity contribution in [3.8, 4) is 0 Å². The number of nitrogens with two attached hydrogens (primary N) is 1. The van der Waals surface area contributed by atoms with E-state index < -0.39 is 6.09 Å². The van der Waals surface area contributed by atoms with Gasteiger partial charge in [0.15, 0.2) is 0 Å². The Kier molecular flexibility index (Phi) is 5.19. The Hall–Kier alpha value is -2.76. The van der Waals surface area contributed by atoms with Crippen molar-refractivity contribution < 1.29 is 9.53 Å². The summed E-state index contributed by atoms with van der Waals surface area (Å²) in [6.07, 6.45) is -0.545. The molecule has 0 aliphatic heterocycles. The number of amides is 1. The van der Waals surface area contributed by atoms with E-state index in [1.54, 1.807) is 19.1 Å². The van der Waals surface area contributed by atoms with Gasteiger partial charge in [-0.05, 0) is 31.5 Å². The van der Waals surface area contributed by atoms with E-state index in [0.717, 1.165) is 5.56 Å². The first-order chi connectivity index (χ1) is 10.6. The van der Waals surface area contributed by atoms with E-state index in [1.165, 1.54) is 5.56 Å². The van der Waals surface area contributed by atoms with E-state index in [0.29, 0.717) is 24.7 Å². The Balaban J connectivity index is 1.97. The Morgan fingerprint density at radius 2 is 1.95 bits per heavy atom. The van der Waals surface area contributed by atoms with Crippen LogP contribution in [0, 0.1) is 6.92 Å². The number of aryl methyl sites for hydroxylation is 1. The highest BCUT2D eigenvalue weighted by atomic mass is 16.5. The fraction of sp³-hybridized carbons (Fsp3) is 0.250. The van der Waals surface area contributed by atoms with Crippen molar-refractivity contribution in [2.45, 2.75) is 20.4 Å². The first-order valence-electron chi connectivity index (χ1n) is 7.08. The van der Waals surface area contributed by atoms with Gasteiger partial charge in [-0.2, -0.15) is 0 Å². The van der Waals surface area contributed by atoms with E-state index in [9.17, 15) is 4.79 Å². The minimum Gasteiger partial charge on any atom is -0.450 e. The third kappa shape index (κ3) is 4.37. The van der Waals surface area contributed by atoms with Crippen LogP contribution in [0.3, 0.4) is 0 Å². The van der Waals surface area contributed by atoms with Crippen molar-refractivity contribution >= 4 is 23.4 Å². The van der Waals surface area contributed by atoms with Crippen molar-refractivity contribution in [1.29, 1.82) is 0 Å². The lowest BCUT2D eigenvalue weighted by Crippen LogP contribution is -2.15. The first-order valence-corrected chi connectivity index (χ1v) is 7.08. The normalized spacial score (nSPS) is 10.1. The smallest absolute Gasteiger partial charge is 0.411 e. The molecule has 0 unspecified atom stereocenters. The number of aromatic nitrogens is 1. The van der Waals surface area contributed by atoms with Gasteiger partial charge in [0, 0.05) is 6.54 Å². The number of rotatable bonds is 5. The second kappa shape index (κ2) is 7.31. The van der Waals surface area contributed by atoms with E-state index in [1.807, 2.05) is 0 Å². The first kappa shape index (κ1) is 15.6. The molecule has 0 saturated carbocycles. The van der Waals surface area contributed by atoms with Gasteiger partial charge in [-0.25, -0.2) is 9.78 Å². The molecule has 6 nitrogen and oxygen atoms in total. The summed E-state index contributed by atoms with van der Waals surface area (Å²) >= 11 is 0. The summed E-state index contributed by atoms with van der Waals surface area (Å²) in [5, 5.41) is 5.73. The maximum absolute atomic E-state index is 11.4. The zero-order chi connectivity index (χ0) is 15.9. The fourth-order valence-electron chi connectivity index (χ4n) is 1.85. The molecule has 0 spiro atoms. The number of benzene rings is 1. The molecule has 1 aromatic carbocycles. The summed E-state index contributed by atoms with van der Waals surface area (Å²) in [4.78, 5) is 15.6. The van der Waals surface area contributed by atoms with Crippen LogP contribution in [-0.2, 0) is 11.3 Å². The van der Waals surface area contributed by atoms with E-state index >= 15 is 0 Å². The summed E-state index contributed by atoms with van der Waals surface area (Å²) in [7, 11) is 0. The Labute approximate surface area is 129 Å². The van der Waals surface area contributed by atoms with Crippen LogP contribution in [0.4, 0.5) is 22.1 Å². The average Bonchev–Trinajstić information content (AvgIpc) is 2.49. The summed E-state index contributed by atoms with van der Waals surface area (Å²) < 4.78 is 4.80. The van der Waals surface area contributed by atoms with Gasteiger partial charge in [0.2, 0.25) is 0 Å². The molecule has 116 valence electrons. The van der Waals surface area contributed by atoms with Crippen molar-refractivity contribution in [2.24, 2.45) is 0 Å². The van der Waals surface area contributed by atoms with E-state index in [-0.39, 0.29) is 5.82 Å². The van der Waals surface area contributed by atoms with Gasteiger partial charge in [0.25, 0.3) is 0 Å². The quantitative estimate of drug-likeness (QED) is 0.789. The van der Waals surface area contributed by atoms with Gasteiger partial charge >= 0.3 is 6.09 Å². The van der Waals surface area contributed by atoms with Crippen LogP contribution < -0.4 is 16.4 Å². The largest absolute Gasteiger partial charge is 0.450 e. The molecule has 4 N–H and O–H groups in total. The van der Waals surface area contributed by atoms with Crippen LogP contribution in [-0.4, -0.2) is 17.7 Å². The van der Waals surface area contributed by atoms with Gasteiger partial charge in [0.05, 0.1) is 12.3 Å². The molecule has 1 amide bonds. The van der Waals surface area contributed by atoms with Gasteiger partial charge in [-0.3, -0.25) is 5.32 Å². The molecule has 0 bridgehead atoms. The molecule has 2 rings (SSSR count). The fourth-order valence-corrected chi connectivity index (χ4v) is 1.85. The number of nitrogens with one attached hydrogen (secondary N) is 2. The molecule has 1 heterocycles. The molecule has 0 radical (unpaired) electrons. The second-order valence-corrected chi connectivity index (χ2v) is 4.81. The third-order valence-corrected chi connectivity index (χ3v) is 3.03. The standard InChI is InChI=1S/C16H20N4O2/c1-3-22-16(21)19-13-8-9-14(20-15(13)17)18-10-12-6-4-11(2)5-7-12/h4-9H,3,10H2,1-2H3,(H,19,21)(H3,17,18,20). The number of hydrogen-bond acceptors (Lipinski definition) is 5. The molecule has 0 saturated heterocycles. The molecular weight excluding hydrogens is 280 g/mol. The monoisotopic (exact) mass is 300 g/mol. The molecule has 1 aromatic heterocycles. The number of anilines is 3. The zero-order valence-corrected chi connectivity index (χ0v) is 12.7. The van der Waals surface area contributed by atoms with Crippen LogP contribution in [0.5, 0.6) is 0 Å². The molecular formula is C16H20N4O2. The molecule has 0 fully saturated rings. The van der Waals surface area contributed by atoms with Gasteiger partial charge in [-0.15, -0.1) is 0 Å². The predicted octanol–water partition coefficient (Wildman–Crippen LogP) is 3.15. The summed E-state index contributed by atoms with van der Waals surface area (Å²) in [5.41, 5.74) is 8.64. The number of carbonyl (C=O) groups is 1.